The van der Waals surface area contributed by atoms with Crippen LogP contribution in [0.1, 0.15) is 56.1 Å². The zero-order chi connectivity index (χ0) is 24.3. The molecule has 0 aromatic heterocycles. The van der Waals surface area contributed by atoms with E-state index >= 15 is 0 Å². The summed E-state index contributed by atoms with van der Waals surface area (Å²) >= 11 is 0. The molecule has 2 unspecified atom stereocenters. The van der Waals surface area contributed by atoms with Crippen LogP contribution in [-0.4, -0.2) is 17.8 Å². The van der Waals surface area contributed by atoms with Gasteiger partial charge in [0.1, 0.15) is 29.4 Å². The quantitative estimate of drug-likeness (QED) is 0.392. The summed E-state index contributed by atoms with van der Waals surface area (Å²) < 4.78 is 32.5. The summed E-state index contributed by atoms with van der Waals surface area (Å²) in [5.41, 5.74) is 4.77. The van der Waals surface area contributed by atoms with E-state index in [1.807, 2.05) is 39.8 Å². The summed E-state index contributed by atoms with van der Waals surface area (Å²) in [6.45, 7) is 11.3. The number of anilines is 1. The zero-order valence-corrected chi connectivity index (χ0v) is 20.6. The van der Waals surface area contributed by atoms with Crippen LogP contribution in [0, 0.1) is 12.7 Å². The van der Waals surface area contributed by atoms with Crippen LogP contribution in [0.4, 0.5) is 10.1 Å². The smallest absolute Gasteiger partial charge is 0.132 e. The molecule has 1 N–H and O–H groups in total. The molecule has 0 saturated heterocycles. The van der Waals surface area contributed by atoms with Crippen LogP contribution < -0.4 is 10.1 Å². The molecule has 1 heterocycles. The number of rotatable bonds is 8. The fourth-order valence-electron chi connectivity index (χ4n) is 4.34. The van der Waals surface area contributed by atoms with Crippen LogP contribution in [0.15, 0.2) is 66.7 Å². The molecule has 5 heteroatoms. The van der Waals surface area contributed by atoms with Gasteiger partial charge in [-0.3, -0.25) is 0 Å². The molecular formula is C29H34FNO3. The molecule has 4 nitrogen and oxygen atoms in total. The van der Waals surface area contributed by atoms with Gasteiger partial charge in [0.15, 0.2) is 0 Å². The lowest BCUT2D eigenvalue weighted by atomic mass is 9.87. The zero-order valence-electron chi connectivity index (χ0n) is 20.6. The summed E-state index contributed by atoms with van der Waals surface area (Å²) in [6.07, 6.45) is -0.647. The molecule has 0 aliphatic carbocycles. The van der Waals surface area contributed by atoms with E-state index in [9.17, 15) is 4.39 Å². The van der Waals surface area contributed by atoms with Crippen molar-refractivity contribution in [3.05, 3.63) is 94.8 Å². The average molecular weight is 464 g/mol. The Morgan fingerprint density at radius 1 is 1.03 bits per heavy atom. The van der Waals surface area contributed by atoms with Crippen LogP contribution in [0.2, 0.25) is 0 Å². The fourth-order valence-corrected chi connectivity index (χ4v) is 4.34. The first-order valence-corrected chi connectivity index (χ1v) is 11.9. The van der Waals surface area contributed by atoms with E-state index in [0.717, 1.165) is 29.1 Å². The number of hydrogen-bond donors (Lipinski definition) is 1. The van der Waals surface area contributed by atoms with Crippen LogP contribution in [-0.2, 0) is 22.6 Å². The maximum Gasteiger partial charge on any atom is 0.132 e. The third kappa shape index (κ3) is 5.60. The molecule has 1 aliphatic rings. The Bertz CT molecular complexity index is 1110. The Morgan fingerprint density at radius 3 is 2.47 bits per heavy atom. The Labute approximate surface area is 202 Å². The molecule has 0 radical (unpaired) electrons. The molecule has 0 bridgehead atoms. The highest BCUT2D eigenvalue weighted by Crippen LogP contribution is 2.45. The van der Waals surface area contributed by atoms with Crippen molar-refractivity contribution in [1.82, 2.24) is 0 Å². The van der Waals surface area contributed by atoms with Crippen molar-refractivity contribution in [3.8, 4) is 5.75 Å². The molecule has 0 fully saturated rings. The Morgan fingerprint density at radius 2 is 1.76 bits per heavy atom. The number of hydrogen-bond acceptors (Lipinski definition) is 4. The maximum atomic E-state index is 13.3. The second-order valence-electron chi connectivity index (χ2n) is 9.70. The van der Waals surface area contributed by atoms with Crippen molar-refractivity contribution in [2.45, 2.75) is 71.7 Å². The molecule has 4 rings (SSSR count). The summed E-state index contributed by atoms with van der Waals surface area (Å²) in [5.74, 6) is 0.546. The monoisotopic (exact) mass is 463 g/mol. The summed E-state index contributed by atoms with van der Waals surface area (Å²) in [4.78, 5) is 0. The molecule has 3 aromatic rings. The SMILES string of the molecule is Cc1ccccc1CNc1ccc2c(c1)C(OC(C)C)C(OCc1ccc(F)cc1)C(C)(C)O2. The molecule has 2 atom stereocenters. The van der Waals surface area contributed by atoms with Gasteiger partial charge in [-0.15, -0.1) is 0 Å². The minimum absolute atomic E-state index is 0.00672. The first kappa shape index (κ1) is 24.2. The molecule has 0 amide bonds. The highest BCUT2D eigenvalue weighted by atomic mass is 19.1. The molecule has 3 aromatic carbocycles. The number of halogens is 1. The number of ether oxygens (including phenoxy) is 3. The Kier molecular flexibility index (Phi) is 7.24. The first-order chi connectivity index (χ1) is 16.2. The largest absolute Gasteiger partial charge is 0.485 e. The highest BCUT2D eigenvalue weighted by molar-refractivity contribution is 5.54. The third-order valence-corrected chi connectivity index (χ3v) is 6.16. The van der Waals surface area contributed by atoms with E-state index in [0.29, 0.717) is 6.61 Å². The van der Waals surface area contributed by atoms with Gasteiger partial charge in [0.2, 0.25) is 0 Å². The van der Waals surface area contributed by atoms with E-state index in [2.05, 4.69) is 42.6 Å². The van der Waals surface area contributed by atoms with Gasteiger partial charge in [-0.2, -0.15) is 0 Å². The van der Waals surface area contributed by atoms with Crippen molar-refractivity contribution >= 4 is 5.69 Å². The Balaban J connectivity index is 1.59. The summed E-state index contributed by atoms with van der Waals surface area (Å²) in [6, 6.07) is 20.9. The van der Waals surface area contributed by atoms with E-state index in [1.165, 1.54) is 23.3 Å². The molecule has 180 valence electrons. The van der Waals surface area contributed by atoms with Gasteiger partial charge in [-0.25, -0.2) is 4.39 Å². The normalized spacial score (nSPS) is 18.9. The van der Waals surface area contributed by atoms with Gasteiger partial charge in [-0.1, -0.05) is 36.4 Å². The van der Waals surface area contributed by atoms with E-state index in [-0.39, 0.29) is 24.1 Å². The summed E-state index contributed by atoms with van der Waals surface area (Å²) in [5, 5.41) is 3.54. The molecule has 1 aliphatic heterocycles. The third-order valence-electron chi connectivity index (χ3n) is 6.16. The average Bonchev–Trinajstić information content (AvgIpc) is 2.79. The van der Waals surface area contributed by atoms with Gasteiger partial charge >= 0.3 is 0 Å². The maximum absolute atomic E-state index is 13.3. The second kappa shape index (κ2) is 10.2. The molecule has 0 saturated carbocycles. The van der Waals surface area contributed by atoms with E-state index < -0.39 is 5.60 Å². The van der Waals surface area contributed by atoms with Crippen molar-refractivity contribution in [1.29, 1.82) is 0 Å². The first-order valence-electron chi connectivity index (χ1n) is 11.9. The van der Waals surface area contributed by atoms with Gasteiger partial charge in [0.05, 0.1) is 12.7 Å². The predicted octanol–water partition coefficient (Wildman–Crippen LogP) is 6.97. The van der Waals surface area contributed by atoms with Crippen LogP contribution in [0.3, 0.4) is 0 Å². The van der Waals surface area contributed by atoms with Crippen LogP contribution in [0.25, 0.3) is 0 Å². The lowest BCUT2D eigenvalue weighted by Gasteiger charge is -2.45. The predicted molar refractivity (Wildman–Crippen MR) is 134 cm³/mol. The Hall–Kier alpha value is -2.89. The van der Waals surface area contributed by atoms with Gasteiger partial charge in [-0.05, 0) is 81.6 Å². The second-order valence-corrected chi connectivity index (χ2v) is 9.70. The van der Waals surface area contributed by atoms with Crippen LogP contribution >= 0.6 is 0 Å². The van der Waals surface area contributed by atoms with Crippen molar-refractivity contribution in [2.75, 3.05) is 5.32 Å². The number of nitrogens with one attached hydrogen (secondary N) is 1. The van der Waals surface area contributed by atoms with Gasteiger partial charge < -0.3 is 19.5 Å². The topological polar surface area (TPSA) is 39.7 Å². The van der Waals surface area contributed by atoms with Crippen molar-refractivity contribution < 1.29 is 18.6 Å². The molecular weight excluding hydrogens is 429 g/mol. The number of aryl methyl sites for hydroxylation is 1. The van der Waals surface area contributed by atoms with E-state index in [1.54, 1.807) is 12.1 Å². The summed E-state index contributed by atoms with van der Waals surface area (Å²) in [7, 11) is 0. The van der Waals surface area contributed by atoms with Gasteiger partial charge in [0, 0.05) is 17.8 Å². The minimum atomic E-state index is -0.608. The van der Waals surface area contributed by atoms with Crippen LogP contribution in [0.5, 0.6) is 5.75 Å². The van der Waals surface area contributed by atoms with Crippen molar-refractivity contribution in [2.24, 2.45) is 0 Å². The molecule has 0 spiro atoms. The minimum Gasteiger partial charge on any atom is -0.485 e. The lowest BCUT2D eigenvalue weighted by molar-refractivity contribution is -0.177. The molecule has 34 heavy (non-hydrogen) atoms. The fraction of sp³-hybridized carbons (Fsp3) is 0.379. The number of benzene rings is 3. The highest BCUT2D eigenvalue weighted by Gasteiger charge is 2.46. The van der Waals surface area contributed by atoms with Gasteiger partial charge in [0.25, 0.3) is 0 Å². The number of fused-ring (bicyclic) bond motifs is 1. The van der Waals surface area contributed by atoms with Crippen molar-refractivity contribution in [3.63, 3.8) is 0 Å². The van der Waals surface area contributed by atoms with E-state index in [4.69, 9.17) is 14.2 Å². The lowest BCUT2D eigenvalue weighted by Crippen LogP contribution is -2.51. The standard InChI is InChI=1S/C29H34FNO3/c1-19(2)33-27-25-16-24(31-17-22-9-7-6-8-20(22)3)14-15-26(25)34-29(4,5)28(27)32-18-21-10-12-23(30)13-11-21/h6-16,19,27-28,31H,17-18H2,1-5H3.